The Hall–Kier alpha value is -3.87. The highest BCUT2D eigenvalue weighted by Crippen LogP contribution is 2.21. The molecule has 1 fully saturated rings. The molecule has 4 rings (SSSR count). The minimum Gasteiger partial charge on any atom is -0.457 e. The molecule has 3 aromatic rings. The maximum atomic E-state index is 12.8. The summed E-state index contributed by atoms with van der Waals surface area (Å²) in [5.41, 5.74) is 4.33. The van der Waals surface area contributed by atoms with Crippen molar-refractivity contribution in [1.29, 1.82) is 0 Å². The third kappa shape index (κ3) is 5.98. The van der Waals surface area contributed by atoms with Crippen LogP contribution in [0.5, 0.6) is 0 Å². The smallest absolute Gasteiger partial charge is 0.321 e. The third-order valence-electron chi connectivity index (χ3n) is 6.54. The van der Waals surface area contributed by atoms with E-state index in [9.17, 15) is 14.4 Å². The van der Waals surface area contributed by atoms with Gasteiger partial charge in [-0.2, -0.15) is 0 Å². The summed E-state index contributed by atoms with van der Waals surface area (Å²) in [6.07, 6.45) is 1.03. The van der Waals surface area contributed by atoms with Crippen molar-refractivity contribution in [2.45, 2.75) is 33.2 Å². The molecular weight excluding hydrogens is 442 g/mol. The minimum absolute atomic E-state index is 0.177. The predicted octanol–water partition coefficient (Wildman–Crippen LogP) is 4.82. The van der Waals surface area contributed by atoms with Crippen molar-refractivity contribution < 1.29 is 19.1 Å². The van der Waals surface area contributed by atoms with Crippen LogP contribution in [0.25, 0.3) is 0 Å². The number of likely N-dealkylation sites (tertiary alicyclic amines) is 1. The van der Waals surface area contributed by atoms with Crippen LogP contribution in [0.1, 0.15) is 40.2 Å². The Bertz CT molecular complexity index is 1180. The van der Waals surface area contributed by atoms with E-state index in [4.69, 9.17) is 4.74 Å². The van der Waals surface area contributed by atoms with Crippen LogP contribution in [0.4, 0.5) is 10.5 Å². The zero-order valence-corrected chi connectivity index (χ0v) is 20.2. The zero-order chi connectivity index (χ0) is 24.8. The number of hydrogen-bond donors (Lipinski definition) is 1. The number of piperidine rings is 1. The van der Waals surface area contributed by atoms with Gasteiger partial charge in [-0.15, -0.1) is 0 Å². The summed E-state index contributed by atoms with van der Waals surface area (Å²) < 4.78 is 7.49. The molecule has 0 unspecified atom stereocenters. The number of ether oxygens (including phenoxy) is 1. The number of rotatable bonds is 7. The fourth-order valence-corrected chi connectivity index (χ4v) is 4.47. The number of carbonyl (C=O) groups is 3. The summed E-state index contributed by atoms with van der Waals surface area (Å²) in [6.45, 7) is 5.23. The number of hydrogen-bond acceptors (Lipinski definition) is 4. The van der Waals surface area contributed by atoms with Gasteiger partial charge in [0.1, 0.15) is 0 Å². The van der Waals surface area contributed by atoms with Gasteiger partial charge in [0.2, 0.25) is 5.78 Å². The van der Waals surface area contributed by atoms with Crippen molar-refractivity contribution in [2.24, 2.45) is 5.92 Å². The first kappa shape index (κ1) is 24.3. The molecule has 1 N–H and O–H groups in total. The molecule has 1 aliphatic heterocycles. The number of urea groups is 1. The maximum absolute atomic E-state index is 12.8. The first-order valence-electron chi connectivity index (χ1n) is 11.9. The number of ketones is 1. The minimum atomic E-state index is -0.375. The fraction of sp³-hybridized carbons (Fsp3) is 0.321. The normalized spacial score (nSPS) is 13.9. The van der Waals surface area contributed by atoms with Crippen molar-refractivity contribution in [3.05, 3.63) is 89.2 Å². The molecule has 7 heteroatoms. The van der Waals surface area contributed by atoms with E-state index >= 15 is 0 Å². The molecule has 0 bridgehead atoms. The van der Waals surface area contributed by atoms with Crippen LogP contribution in [0.3, 0.4) is 0 Å². The van der Waals surface area contributed by atoms with Crippen LogP contribution in [-0.4, -0.2) is 46.9 Å². The predicted molar refractivity (Wildman–Crippen MR) is 134 cm³/mol. The maximum Gasteiger partial charge on any atom is 0.321 e. The lowest BCUT2D eigenvalue weighted by Crippen LogP contribution is -2.42. The third-order valence-corrected chi connectivity index (χ3v) is 6.54. The number of aromatic nitrogens is 1. The van der Waals surface area contributed by atoms with Gasteiger partial charge in [-0.3, -0.25) is 9.59 Å². The molecule has 1 saturated heterocycles. The Morgan fingerprint density at radius 3 is 2.23 bits per heavy atom. The van der Waals surface area contributed by atoms with Crippen molar-refractivity contribution in [2.75, 3.05) is 25.0 Å². The number of amides is 2. The van der Waals surface area contributed by atoms with E-state index in [1.165, 1.54) is 0 Å². The van der Waals surface area contributed by atoms with Gasteiger partial charge in [0, 0.05) is 42.3 Å². The van der Waals surface area contributed by atoms with Crippen LogP contribution in [0.2, 0.25) is 0 Å². The number of nitrogens with zero attached hydrogens (tertiary/aromatic N) is 2. The molecule has 0 aliphatic carbocycles. The number of Topliss-reactive ketones (excluding diaryl/α,β-unsaturated/α-hetero) is 1. The molecule has 0 saturated carbocycles. The largest absolute Gasteiger partial charge is 0.457 e. The van der Waals surface area contributed by atoms with Gasteiger partial charge in [-0.25, -0.2) is 4.79 Å². The quantitative estimate of drug-likeness (QED) is 0.394. The van der Waals surface area contributed by atoms with Crippen molar-refractivity contribution in [3.63, 3.8) is 0 Å². The second kappa shape index (κ2) is 11.0. The molecule has 2 heterocycles. The zero-order valence-electron chi connectivity index (χ0n) is 20.2. The summed E-state index contributed by atoms with van der Waals surface area (Å²) in [5.74, 6) is -0.890. The van der Waals surface area contributed by atoms with Crippen LogP contribution >= 0.6 is 0 Å². The van der Waals surface area contributed by atoms with Gasteiger partial charge in [0.15, 0.2) is 6.61 Å². The highest BCUT2D eigenvalue weighted by atomic mass is 16.5. The summed E-state index contributed by atoms with van der Waals surface area (Å²) in [7, 11) is 0. The van der Waals surface area contributed by atoms with E-state index in [0.29, 0.717) is 38.0 Å². The first-order chi connectivity index (χ1) is 16.9. The fourth-order valence-electron chi connectivity index (χ4n) is 4.47. The van der Waals surface area contributed by atoms with Crippen LogP contribution in [-0.2, 0) is 16.1 Å². The monoisotopic (exact) mass is 473 g/mol. The van der Waals surface area contributed by atoms with E-state index in [-0.39, 0.29) is 30.3 Å². The van der Waals surface area contributed by atoms with Crippen LogP contribution in [0, 0.1) is 19.8 Å². The topological polar surface area (TPSA) is 80.6 Å². The standard InChI is InChI=1S/C28H31N3O4/c1-20-17-25(21(2)31(20)18-22-9-5-3-6-10-22)26(32)19-35-27(33)23-13-15-30(16-14-23)28(34)29-24-11-7-4-8-12-24/h3-12,17,23H,13-16,18-19H2,1-2H3,(H,29,34). The Balaban J connectivity index is 1.26. The molecular formula is C28H31N3O4. The highest BCUT2D eigenvalue weighted by Gasteiger charge is 2.29. The molecule has 0 radical (unpaired) electrons. The average Bonchev–Trinajstić information content (AvgIpc) is 3.17. The molecule has 35 heavy (non-hydrogen) atoms. The Labute approximate surface area is 205 Å². The molecule has 0 atom stereocenters. The lowest BCUT2D eigenvalue weighted by atomic mass is 9.97. The highest BCUT2D eigenvalue weighted by molar-refractivity contribution is 5.99. The average molecular weight is 474 g/mol. The lowest BCUT2D eigenvalue weighted by molar-refractivity contribution is -0.148. The molecule has 2 amide bonds. The number of aryl methyl sites for hydroxylation is 1. The van der Waals surface area contributed by atoms with Crippen molar-refractivity contribution in [1.82, 2.24) is 9.47 Å². The Morgan fingerprint density at radius 1 is 0.943 bits per heavy atom. The molecule has 182 valence electrons. The molecule has 7 nitrogen and oxygen atoms in total. The number of anilines is 1. The van der Waals surface area contributed by atoms with Crippen LogP contribution in [0.15, 0.2) is 66.7 Å². The van der Waals surface area contributed by atoms with Crippen molar-refractivity contribution in [3.8, 4) is 0 Å². The Kier molecular flexibility index (Phi) is 7.65. The number of nitrogens with one attached hydrogen (secondary N) is 1. The number of carbonyl (C=O) groups excluding carboxylic acids is 3. The first-order valence-corrected chi connectivity index (χ1v) is 11.9. The second-order valence-corrected chi connectivity index (χ2v) is 8.94. The molecule has 1 aromatic heterocycles. The summed E-state index contributed by atoms with van der Waals surface area (Å²) >= 11 is 0. The Morgan fingerprint density at radius 2 is 1.57 bits per heavy atom. The summed E-state index contributed by atoms with van der Waals surface area (Å²) in [5, 5.41) is 2.87. The lowest BCUT2D eigenvalue weighted by Gasteiger charge is -2.30. The van der Waals surface area contributed by atoms with E-state index in [1.807, 2.05) is 68.4 Å². The van der Waals surface area contributed by atoms with Crippen LogP contribution < -0.4 is 5.32 Å². The SMILES string of the molecule is Cc1cc(C(=O)COC(=O)C2CCN(C(=O)Nc3ccccc3)CC2)c(C)n1Cc1ccccc1. The summed E-state index contributed by atoms with van der Waals surface area (Å²) in [4.78, 5) is 39.6. The van der Waals surface area contributed by atoms with Gasteiger partial charge in [0.25, 0.3) is 0 Å². The van der Waals surface area contributed by atoms with Gasteiger partial charge >= 0.3 is 12.0 Å². The van der Waals surface area contributed by atoms with E-state index in [0.717, 1.165) is 22.6 Å². The second-order valence-electron chi connectivity index (χ2n) is 8.94. The number of benzene rings is 2. The molecule has 1 aliphatic rings. The van der Waals surface area contributed by atoms with Gasteiger partial charge < -0.3 is 19.5 Å². The van der Waals surface area contributed by atoms with E-state index in [2.05, 4.69) is 22.0 Å². The van der Waals surface area contributed by atoms with Gasteiger partial charge in [-0.1, -0.05) is 48.5 Å². The van der Waals surface area contributed by atoms with Gasteiger partial charge in [-0.05, 0) is 50.5 Å². The van der Waals surface area contributed by atoms with E-state index in [1.54, 1.807) is 4.90 Å². The number of esters is 1. The number of para-hydroxylation sites is 1. The molecule has 0 spiro atoms. The molecule has 2 aromatic carbocycles. The van der Waals surface area contributed by atoms with Gasteiger partial charge in [0.05, 0.1) is 5.92 Å². The summed E-state index contributed by atoms with van der Waals surface area (Å²) in [6, 6.07) is 21.0. The van der Waals surface area contributed by atoms with E-state index < -0.39 is 0 Å². The van der Waals surface area contributed by atoms with Crippen molar-refractivity contribution >= 4 is 23.5 Å².